The van der Waals surface area contributed by atoms with Gasteiger partial charge in [-0.15, -0.1) is 5.53 Å². The van der Waals surface area contributed by atoms with Gasteiger partial charge in [0, 0.05) is 35.2 Å². The number of rotatable bonds is 9. The summed E-state index contributed by atoms with van der Waals surface area (Å²) >= 11 is 6.80. The number of hydrazine groups is 2. The molecular formula is C31H29BClFN8. The average molecular weight is 579 g/mol. The Morgan fingerprint density at radius 3 is 2.71 bits per heavy atom. The molecule has 0 spiro atoms. The Balaban J connectivity index is 1.47. The quantitative estimate of drug-likeness (QED) is 0.181. The van der Waals surface area contributed by atoms with E-state index in [0.717, 1.165) is 24.8 Å². The summed E-state index contributed by atoms with van der Waals surface area (Å²) in [7, 11) is 7.13. The van der Waals surface area contributed by atoms with E-state index < -0.39 is 11.3 Å². The molecule has 2 radical (unpaired) electrons. The van der Waals surface area contributed by atoms with Crippen molar-refractivity contribution in [3.8, 4) is 6.07 Å². The fourth-order valence-electron chi connectivity index (χ4n) is 5.35. The normalized spacial score (nSPS) is 16.7. The molecule has 2 atom stereocenters. The number of anilines is 2. The molecule has 2 aromatic carbocycles. The first-order valence-electron chi connectivity index (χ1n) is 13.9. The molecule has 6 rings (SSSR count). The van der Waals surface area contributed by atoms with Crippen molar-refractivity contribution in [3.05, 3.63) is 106 Å². The highest BCUT2D eigenvalue weighted by Crippen LogP contribution is 2.39. The first-order chi connectivity index (χ1) is 20.3. The number of aryl methyl sites for hydroxylation is 1. The highest BCUT2D eigenvalue weighted by molar-refractivity contribution is 6.36. The lowest BCUT2D eigenvalue weighted by molar-refractivity contribution is 0.260. The third-order valence-electron chi connectivity index (χ3n) is 7.75. The second-order valence-electron chi connectivity index (χ2n) is 10.7. The first-order valence-corrected chi connectivity index (χ1v) is 14.2. The standard InChI is InChI=1S/C31H29BClFN8/c1-3-27(19-7-5-4-6-8-19)38-29-20(14-35)15-37-30-24(29)12-22(13-26(30)33)39-31(32,25-11-21(34)16-36-18(25)2)28-17-42(41-40-28)23-9-10-23/h4-8,11-13,15-17,23,27,39-41H,3,9-10H2,1-2H3,(H,37,38)/t27-,31+/m1/s1. The molecule has 1 aliphatic heterocycles. The van der Waals surface area contributed by atoms with Crippen molar-refractivity contribution >= 4 is 41.7 Å². The number of nitrogens with one attached hydrogen (secondary N) is 4. The highest BCUT2D eigenvalue weighted by Gasteiger charge is 2.39. The molecule has 42 heavy (non-hydrogen) atoms. The lowest BCUT2D eigenvalue weighted by Gasteiger charge is -2.35. The minimum atomic E-state index is -1.42. The Kier molecular flexibility index (Phi) is 7.39. The Labute approximate surface area is 250 Å². The molecule has 1 saturated carbocycles. The zero-order valence-corrected chi connectivity index (χ0v) is 24.0. The second kappa shape index (κ2) is 11.2. The highest BCUT2D eigenvalue weighted by atomic mass is 35.5. The number of nitriles is 1. The zero-order chi connectivity index (χ0) is 29.4. The Hall–Kier alpha value is -4.33. The van der Waals surface area contributed by atoms with Gasteiger partial charge in [-0.3, -0.25) is 15.0 Å². The van der Waals surface area contributed by atoms with Crippen LogP contribution in [0.25, 0.3) is 10.9 Å². The molecule has 0 amide bonds. The molecule has 4 N–H and O–H groups in total. The molecule has 11 heteroatoms. The van der Waals surface area contributed by atoms with E-state index in [1.807, 2.05) is 35.5 Å². The summed E-state index contributed by atoms with van der Waals surface area (Å²) in [6.45, 7) is 3.87. The molecule has 2 aliphatic rings. The van der Waals surface area contributed by atoms with Crippen LogP contribution in [0.15, 0.2) is 72.8 Å². The van der Waals surface area contributed by atoms with Crippen molar-refractivity contribution in [2.75, 3.05) is 10.6 Å². The third-order valence-corrected chi connectivity index (χ3v) is 8.04. The summed E-state index contributed by atoms with van der Waals surface area (Å²) < 4.78 is 14.5. The maximum atomic E-state index is 14.5. The van der Waals surface area contributed by atoms with Crippen molar-refractivity contribution < 1.29 is 4.39 Å². The van der Waals surface area contributed by atoms with Crippen LogP contribution < -0.4 is 21.6 Å². The van der Waals surface area contributed by atoms with E-state index in [-0.39, 0.29) is 6.04 Å². The van der Waals surface area contributed by atoms with Gasteiger partial charge in [0.25, 0.3) is 0 Å². The molecule has 210 valence electrons. The molecule has 1 aliphatic carbocycles. The van der Waals surface area contributed by atoms with Gasteiger partial charge >= 0.3 is 0 Å². The van der Waals surface area contributed by atoms with Gasteiger partial charge in [-0.05, 0) is 55.5 Å². The van der Waals surface area contributed by atoms with Crippen LogP contribution in [0.1, 0.15) is 54.6 Å². The summed E-state index contributed by atoms with van der Waals surface area (Å²) in [5.41, 5.74) is 9.69. The van der Waals surface area contributed by atoms with E-state index in [4.69, 9.17) is 19.4 Å². The lowest BCUT2D eigenvalue weighted by atomic mass is 9.69. The molecule has 1 fully saturated rings. The zero-order valence-electron chi connectivity index (χ0n) is 23.2. The van der Waals surface area contributed by atoms with Crippen LogP contribution >= 0.6 is 11.6 Å². The van der Waals surface area contributed by atoms with Gasteiger partial charge in [-0.2, -0.15) is 5.26 Å². The SMILES string of the molecule is [B][C@@](Nc1cc(Cl)c2ncc(C#N)c(N[C@H](CC)c3ccccc3)c2c1)(C1=CN(C2CC2)NN1)c1cc(F)cnc1C. The molecule has 0 unspecified atom stereocenters. The third kappa shape index (κ3) is 5.22. The summed E-state index contributed by atoms with van der Waals surface area (Å²) in [6, 6.07) is 17.6. The van der Waals surface area contributed by atoms with Crippen LogP contribution in [0.5, 0.6) is 0 Å². The van der Waals surface area contributed by atoms with E-state index >= 15 is 0 Å². The number of hydrogen-bond donors (Lipinski definition) is 4. The predicted octanol–water partition coefficient (Wildman–Crippen LogP) is 5.93. The summed E-state index contributed by atoms with van der Waals surface area (Å²) in [5, 5.41) is 20.0. The van der Waals surface area contributed by atoms with E-state index in [1.165, 1.54) is 18.5 Å². The number of benzene rings is 2. The Bertz CT molecular complexity index is 1720. The van der Waals surface area contributed by atoms with Crippen molar-refractivity contribution in [2.45, 2.75) is 50.6 Å². The molecular weight excluding hydrogens is 550 g/mol. The van der Waals surface area contributed by atoms with Crippen LogP contribution in [0.4, 0.5) is 15.8 Å². The summed E-state index contributed by atoms with van der Waals surface area (Å²) in [5.74, 6) is -0.504. The van der Waals surface area contributed by atoms with E-state index in [0.29, 0.717) is 55.9 Å². The maximum Gasteiger partial charge on any atom is 0.141 e. The summed E-state index contributed by atoms with van der Waals surface area (Å²) in [6.07, 6.45) is 7.51. The average Bonchev–Trinajstić information content (AvgIpc) is 3.72. The van der Waals surface area contributed by atoms with Gasteiger partial charge in [-0.25, -0.2) is 4.39 Å². The van der Waals surface area contributed by atoms with Gasteiger partial charge in [0.05, 0.1) is 45.2 Å². The molecule has 2 aromatic heterocycles. The Morgan fingerprint density at radius 1 is 1.21 bits per heavy atom. The molecule has 4 aromatic rings. The van der Waals surface area contributed by atoms with Gasteiger partial charge in [0.15, 0.2) is 0 Å². The predicted molar refractivity (Wildman–Crippen MR) is 164 cm³/mol. The van der Waals surface area contributed by atoms with Gasteiger partial charge in [-0.1, -0.05) is 48.9 Å². The van der Waals surface area contributed by atoms with Crippen molar-refractivity contribution in [1.29, 1.82) is 5.26 Å². The number of halogens is 2. The van der Waals surface area contributed by atoms with Crippen molar-refractivity contribution in [1.82, 2.24) is 25.9 Å². The van der Waals surface area contributed by atoms with E-state index in [1.54, 1.807) is 13.0 Å². The smallest absolute Gasteiger partial charge is 0.141 e. The fraction of sp³-hybridized carbons (Fsp3) is 0.258. The topological polar surface area (TPSA) is 101 Å². The van der Waals surface area contributed by atoms with E-state index in [2.05, 4.69) is 56.7 Å². The number of hydrogen-bond acceptors (Lipinski definition) is 8. The van der Waals surface area contributed by atoms with Crippen LogP contribution in [0.2, 0.25) is 5.02 Å². The molecule has 3 heterocycles. The minimum absolute atomic E-state index is 0.0544. The number of nitrogens with zero attached hydrogens (tertiary/aromatic N) is 4. The largest absolute Gasteiger partial charge is 0.378 e. The van der Waals surface area contributed by atoms with Gasteiger partial charge < -0.3 is 16.1 Å². The van der Waals surface area contributed by atoms with Crippen LogP contribution in [0.3, 0.4) is 0 Å². The lowest BCUT2D eigenvalue weighted by Crippen LogP contribution is -2.46. The fourth-order valence-corrected chi connectivity index (χ4v) is 5.61. The monoisotopic (exact) mass is 578 g/mol. The Morgan fingerprint density at radius 2 is 2.00 bits per heavy atom. The number of aromatic nitrogens is 2. The van der Waals surface area contributed by atoms with Crippen LogP contribution in [-0.2, 0) is 5.44 Å². The molecule has 0 bridgehead atoms. The second-order valence-corrected chi connectivity index (χ2v) is 11.1. The number of fused-ring (bicyclic) bond motifs is 1. The summed E-state index contributed by atoms with van der Waals surface area (Å²) in [4.78, 5) is 8.73. The first kappa shape index (κ1) is 27.8. The van der Waals surface area contributed by atoms with E-state index in [9.17, 15) is 9.65 Å². The van der Waals surface area contributed by atoms with Gasteiger partial charge in [0.2, 0.25) is 0 Å². The van der Waals surface area contributed by atoms with Crippen molar-refractivity contribution in [2.24, 2.45) is 0 Å². The van der Waals surface area contributed by atoms with Crippen molar-refractivity contribution in [3.63, 3.8) is 0 Å². The number of pyridine rings is 2. The minimum Gasteiger partial charge on any atom is -0.378 e. The van der Waals surface area contributed by atoms with Crippen LogP contribution in [0, 0.1) is 24.1 Å². The molecule has 8 nitrogen and oxygen atoms in total. The van der Waals surface area contributed by atoms with Crippen LogP contribution in [-0.4, -0.2) is 28.9 Å². The molecule has 0 saturated heterocycles. The maximum absolute atomic E-state index is 14.5. The van der Waals surface area contributed by atoms with Gasteiger partial charge in [0.1, 0.15) is 19.7 Å².